The summed E-state index contributed by atoms with van der Waals surface area (Å²) in [5.41, 5.74) is 5.10. The van der Waals surface area contributed by atoms with Crippen LogP contribution in [0, 0.1) is 0 Å². The minimum atomic E-state index is -0.801. The topological polar surface area (TPSA) is 73.2 Å². The number of carbonyl (C=O) groups is 2. The Morgan fingerprint density at radius 2 is 1.72 bits per heavy atom. The third-order valence-corrected chi connectivity index (χ3v) is 5.39. The number of ether oxygens (including phenoxy) is 1. The minimum Gasteiger partial charge on any atom is -0.467 e. The van der Waals surface area contributed by atoms with Crippen molar-refractivity contribution in [3.05, 3.63) is 77.7 Å². The average Bonchev–Trinajstić information content (AvgIpc) is 3.14. The first-order chi connectivity index (χ1) is 15.2. The van der Waals surface area contributed by atoms with Gasteiger partial charge in [-0.05, 0) is 16.5 Å². The van der Waals surface area contributed by atoms with E-state index in [1.807, 2.05) is 18.2 Å². The maximum Gasteiger partial charge on any atom is 0.328 e. The molecule has 1 amide bonds. The fourth-order valence-electron chi connectivity index (χ4n) is 3.71. The molecule has 0 fully saturated rings. The summed E-state index contributed by atoms with van der Waals surface area (Å²) < 4.78 is 6.98. The number of methoxy groups -OCH3 is 1. The molecule has 0 saturated carbocycles. The van der Waals surface area contributed by atoms with Crippen LogP contribution in [0.5, 0.6) is 0 Å². The van der Waals surface area contributed by atoms with E-state index < -0.39 is 12.0 Å². The maximum atomic E-state index is 12.3. The second-order valence-electron chi connectivity index (χ2n) is 8.96. The summed E-state index contributed by atoms with van der Waals surface area (Å²) in [5.74, 6) is -0.785. The normalized spacial score (nSPS) is 12.3. The van der Waals surface area contributed by atoms with Crippen LogP contribution in [0.1, 0.15) is 44.5 Å². The van der Waals surface area contributed by atoms with Gasteiger partial charge in [-0.3, -0.25) is 4.79 Å². The Bertz CT molecular complexity index is 1060. The fraction of sp³-hybridized carbons (Fsp3) is 0.346. The molecule has 0 aliphatic carbocycles. The van der Waals surface area contributed by atoms with Crippen molar-refractivity contribution in [2.24, 2.45) is 0 Å². The summed E-state index contributed by atoms with van der Waals surface area (Å²) in [5, 5.41) is 2.68. The minimum absolute atomic E-state index is 0.0486. The summed E-state index contributed by atoms with van der Waals surface area (Å²) in [7, 11) is 1.32. The number of imidazole rings is 1. The van der Waals surface area contributed by atoms with E-state index in [1.165, 1.54) is 19.6 Å². The number of esters is 1. The molecule has 0 bridgehead atoms. The molecule has 168 valence electrons. The number of nitrogens with one attached hydrogen (secondary N) is 1. The largest absolute Gasteiger partial charge is 0.467 e. The molecule has 32 heavy (non-hydrogen) atoms. The van der Waals surface area contributed by atoms with E-state index in [0.717, 1.165) is 22.5 Å². The second kappa shape index (κ2) is 9.81. The predicted octanol–water partition coefficient (Wildman–Crippen LogP) is 4.12. The van der Waals surface area contributed by atoms with Gasteiger partial charge < -0.3 is 14.6 Å². The van der Waals surface area contributed by atoms with Crippen LogP contribution in [0.25, 0.3) is 11.3 Å². The first-order valence-electron chi connectivity index (χ1n) is 10.7. The van der Waals surface area contributed by atoms with Gasteiger partial charge in [-0.25, -0.2) is 9.78 Å². The van der Waals surface area contributed by atoms with Crippen LogP contribution in [0.4, 0.5) is 0 Å². The van der Waals surface area contributed by atoms with Gasteiger partial charge in [0.15, 0.2) is 0 Å². The van der Waals surface area contributed by atoms with E-state index in [0.29, 0.717) is 6.54 Å². The summed E-state index contributed by atoms with van der Waals surface area (Å²) in [6, 6.07) is 17.8. The molecule has 1 heterocycles. The molecule has 0 aliphatic heterocycles. The highest BCUT2D eigenvalue weighted by Crippen LogP contribution is 2.29. The lowest BCUT2D eigenvalue weighted by Crippen LogP contribution is -2.42. The number of carbonyl (C=O) groups excluding carboxylic acids is 2. The number of hydrogen-bond acceptors (Lipinski definition) is 4. The zero-order valence-corrected chi connectivity index (χ0v) is 19.4. The molecule has 0 saturated heterocycles. The van der Waals surface area contributed by atoms with Gasteiger partial charge in [0.05, 0.1) is 24.8 Å². The summed E-state index contributed by atoms with van der Waals surface area (Å²) in [6.07, 6.45) is 2.03. The Balaban J connectivity index is 2.03. The zero-order valence-electron chi connectivity index (χ0n) is 19.4. The number of hydrogen-bond donors (Lipinski definition) is 1. The SMILES string of the molecule is COC(=O)C(Cc1ncn(Cc2ccccc2)c1-c1ccc(C(C)(C)C)cc1)NC(C)=O. The summed E-state index contributed by atoms with van der Waals surface area (Å²) in [6.45, 7) is 8.58. The molecule has 6 nitrogen and oxygen atoms in total. The summed E-state index contributed by atoms with van der Waals surface area (Å²) >= 11 is 0. The number of benzene rings is 2. The number of aromatic nitrogens is 2. The van der Waals surface area contributed by atoms with Crippen LogP contribution in [-0.2, 0) is 32.7 Å². The van der Waals surface area contributed by atoms with E-state index in [-0.39, 0.29) is 17.7 Å². The third kappa shape index (κ3) is 5.63. The van der Waals surface area contributed by atoms with Crippen molar-refractivity contribution < 1.29 is 14.3 Å². The number of rotatable bonds is 7. The van der Waals surface area contributed by atoms with Gasteiger partial charge in [0, 0.05) is 25.5 Å². The van der Waals surface area contributed by atoms with Crippen molar-refractivity contribution in [2.75, 3.05) is 7.11 Å². The lowest BCUT2D eigenvalue weighted by Gasteiger charge is -2.20. The lowest BCUT2D eigenvalue weighted by molar-refractivity contribution is -0.144. The molecular formula is C26H31N3O3. The highest BCUT2D eigenvalue weighted by Gasteiger charge is 2.25. The monoisotopic (exact) mass is 433 g/mol. The van der Waals surface area contributed by atoms with Gasteiger partial charge in [-0.1, -0.05) is 75.4 Å². The number of amides is 1. The Kier molecular flexibility index (Phi) is 7.13. The molecule has 0 spiro atoms. The van der Waals surface area contributed by atoms with Crippen molar-refractivity contribution in [2.45, 2.75) is 52.1 Å². The quantitative estimate of drug-likeness (QED) is 0.569. The lowest BCUT2D eigenvalue weighted by atomic mass is 9.86. The number of nitrogens with zero attached hydrogens (tertiary/aromatic N) is 2. The van der Waals surface area contributed by atoms with Gasteiger partial charge >= 0.3 is 5.97 Å². The Labute approximate surface area is 189 Å². The highest BCUT2D eigenvalue weighted by atomic mass is 16.5. The van der Waals surface area contributed by atoms with Crippen LogP contribution in [0.15, 0.2) is 60.9 Å². The van der Waals surface area contributed by atoms with Crippen molar-refractivity contribution in [3.8, 4) is 11.3 Å². The zero-order chi connectivity index (χ0) is 23.3. The van der Waals surface area contributed by atoms with Crippen molar-refractivity contribution in [1.29, 1.82) is 0 Å². The highest BCUT2D eigenvalue weighted by molar-refractivity contribution is 5.83. The van der Waals surface area contributed by atoms with Gasteiger partial charge in [-0.2, -0.15) is 0 Å². The Morgan fingerprint density at radius 3 is 2.28 bits per heavy atom. The molecule has 1 unspecified atom stereocenters. The maximum absolute atomic E-state index is 12.3. The smallest absolute Gasteiger partial charge is 0.328 e. The van der Waals surface area contributed by atoms with Gasteiger partial charge in [-0.15, -0.1) is 0 Å². The molecule has 3 rings (SSSR count). The van der Waals surface area contributed by atoms with Gasteiger partial charge in [0.25, 0.3) is 0 Å². The van der Waals surface area contributed by atoms with Gasteiger partial charge in [0.1, 0.15) is 6.04 Å². The van der Waals surface area contributed by atoms with Crippen LogP contribution in [0.2, 0.25) is 0 Å². The predicted molar refractivity (Wildman–Crippen MR) is 125 cm³/mol. The molecule has 0 aliphatic rings. The van der Waals surface area contributed by atoms with Gasteiger partial charge in [0.2, 0.25) is 5.91 Å². The van der Waals surface area contributed by atoms with E-state index >= 15 is 0 Å². The molecule has 3 aromatic rings. The van der Waals surface area contributed by atoms with Crippen molar-refractivity contribution in [3.63, 3.8) is 0 Å². The molecule has 6 heteroatoms. The molecule has 1 N–H and O–H groups in total. The Morgan fingerprint density at radius 1 is 1.06 bits per heavy atom. The first kappa shape index (κ1) is 23.3. The van der Waals surface area contributed by atoms with E-state index in [4.69, 9.17) is 4.74 Å². The van der Waals surface area contributed by atoms with Crippen LogP contribution in [0.3, 0.4) is 0 Å². The van der Waals surface area contributed by atoms with E-state index in [2.05, 4.69) is 72.0 Å². The standard InChI is InChI=1S/C26H31N3O3/c1-18(30)28-23(25(31)32-5)15-22-24(20-11-13-21(14-12-20)26(2,3)4)29(17-27-22)16-19-9-7-6-8-10-19/h6-14,17,23H,15-16H2,1-5H3,(H,28,30). The van der Waals surface area contributed by atoms with E-state index in [1.54, 1.807) is 6.33 Å². The molecular weight excluding hydrogens is 402 g/mol. The molecule has 2 aromatic carbocycles. The van der Waals surface area contributed by atoms with Crippen molar-refractivity contribution >= 4 is 11.9 Å². The first-order valence-corrected chi connectivity index (χ1v) is 10.7. The van der Waals surface area contributed by atoms with Crippen LogP contribution in [-0.4, -0.2) is 34.6 Å². The summed E-state index contributed by atoms with van der Waals surface area (Å²) in [4.78, 5) is 28.6. The second-order valence-corrected chi connectivity index (χ2v) is 8.96. The van der Waals surface area contributed by atoms with E-state index in [9.17, 15) is 9.59 Å². The van der Waals surface area contributed by atoms with Crippen LogP contribution < -0.4 is 5.32 Å². The fourth-order valence-corrected chi connectivity index (χ4v) is 3.71. The Hall–Kier alpha value is -3.41. The molecule has 1 aromatic heterocycles. The molecule has 0 radical (unpaired) electrons. The molecule has 1 atom stereocenters. The third-order valence-electron chi connectivity index (χ3n) is 5.39. The van der Waals surface area contributed by atoms with Crippen molar-refractivity contribution in [1.82, 2.24) is 14.9 Å². The average molecular weight is 434 g/mol. The van der Waals surface area contributed by atoms with Crippen LogP contribution >= 0.6 is 0 Å².